The summed E-state index contributed by atoms with van der Waals surface area (Å²) in [6, 6.07) is 16.0. The molecule has 2 aliphatic rings. The van der Waals surface area contributed by atoms with Gasteiger partial charge in [0.05, 0.1) is 5.57 Å². The van der Waals surface area contributed by atoms with Gasteiger partial charge in [-0.25, -0.2) is 4.68 Å². The van der Waals surface area contributed by atoms with Gasteiger partial charge in [-0.05, 0) is 36.4 Å². The zero-order valence-electron chi connectivity index (χ0n) is 15.7. The summed E-state index contributed by atoms with van der Waals surface area (Å²) in [6.07, 6.45) is 0. The van der Waals surface area contributed by atoms with Crippen molar-refractivity contribution in [3.8, 4) is 11.3 Å². The Hall–Kier alpha value is -2.81. The van der Waals surface area contributed by atoms with Crippen molar-refractivity contribution in [3.63, 3.8) is 0 Å². The molecule has 0 saturated heterocycles. The maximum Gasteiger partial charge on any atom is 0.228 e. The van der Waals surface area contributed by atoms with Gasteiger partial charge in [0.1, 0.15) is 21.0 Å². The van der Waals surface area contributed by atoms with E-state index >= 15 is 0 Å². The van der Waals surface area contributed by atoms with E-state index in [9.17, 15) is 9.59 Å². The predicted octanol–water partition coefficient (Wildman–Crippen LogP) is 4.23. The van der Waals surface area contributed by atoms with Gasteiger partial charge in [-0.2, -0.15) is 0 Å². The molecule has 1 aromatic heterocycles. The van der Waals surface area contributed by atoms with E-state index in [1.807, 2.05) is 44.2 Å². The first-order valence-electron chi connectivity index (χ1n) is 9.18. The third kappa shape index (κ3) is 2.60. The zero-order chi connectivity index (χ0) is 20.3. The van der Waals surface area contributed by atoms with Crippen molar-refractivity contribution in [2.24, 2.45) is 0 Å². The predicted molar refractivity (Wildman–Crippen MR) is 115 cm³/mol. The lowest BCUT2D eigenvalue weighted by molar-refractivity contribution is 0.0239. The fourth-order valence-corrected chi connectivity index (χ4v) is 4.82. The first-order valence-corrected chi connectivity index (χ1v) is 10.3. The first-order chi connectivity index (χ1) is 13.9. The van der Waals surface area contributed by atoms with Gasteiger partial charge in [-0.15, -0.1) is 5.10 Å². The first kappa shape index (κ1) is 18.2. The lowest BCUT2D eigenvalue weighted by atomic mass is 9.83. The molecular formula is C22H16IN3O3. The second-order valence-electron chi connectivity index (χ2n) is 7.59. The van der Waals surface area contributed by atoms with Gasteiger partial charge in [0.25, 0.3) is 0 Å². The summed E-state index contributed by atoms with van der Waals surface area (Å²) in [4.78, 5) is 26.4. The number of carbonyl (C=O) groups excluding carboxylic acids is 2. The minimum Gasteiger partial charge on any atom is -0.481 e. The van der Waals surface area contributed by atoms with E-state index in [0.29, 0.717) is 16.7 Å². The third-order valence-corrected chi connectivity index (χ3v) is 6.34. The van der Waals surface area contributed by atoms with Crippen molar-refractivity contribution in [1.29, 1.82) is 0 Å². The highest BCUT2D eigenvalue weighted by Crippen LogP contribution is 2.48. The molecule has 0 amide bonds. The van der Waals surface area contributed by atoms with E-state index in [-0.39, 0.29) is 17.3 Å². The van der Waals surface area contributed by atoms with Crippen molar-refractivity contribution in [3.05, 3.63) is 80.8 Å². The molecule has 0 bridgehead atoms. The van der Waals surface area contributed by atoms with Crippen LogP contribution in [0.3, 0.4) is 0 Å². The van der Waals surface area contributed by atoms with Gasteiger partial charge < -0.3 is 4.74 Å². The Labute approximate surface area is 180 Å². The lowest BCUT2D eigenvalue weighted by Gasteiger charge is -2.27. The van der Waals surface area contributed by atoms with Crippen LogP contribution in [-0.4, -0.2) is 32.2 Å². The summed E-state index contributed by atoms with van der Waals surface area (Å²) in [6.45, 7) is 3.72. The molecule has 0 radical (unpaired) electrons. The van der Waals surface area contributed by atoms with Gasteiger partial charge in [-0.3, -0.25) is 9.59 Å². The summed E-state index contributed by atoms with van der Waals surface area (Å²) in [5, 5.41) is 8.71. The average Bonchev–Trinajstić information content (AvgIpc) is 3.23. The summed E-state index contributed by atoms with van der Waals surface area (Å²) in [5.74, 6) is -0.334. The van der Waals surface area contributed by atoms with Crippen molar-refractivity contribution >= 4 is 34.2 Å². The fraction of sp³-hybridized carbons (Fsp3) is 0.182. The Morgan fingerprint density at radius 1 is 0.966 bits per heavy atom. The van der Waals surface area contributed by atoms with E-state index in [1.165, 1.54) is 0 Å². The number of Topliss-reactive ketones (excluding diaryl/α,β-unsaturated/α-hetero) is 2. The van der Waals surface area contributed by atoms with Gasteiger partial charge in [0.2, 0.25) is 5.78 Å². The Balaban J connectivity index is 1.68. The number of ether oxygens (including phenoxy) is 1. The van der Waals surface area contributed by atoms with Crippen LogP contribution in [0, 0.1) is 3.70 Å². The molecule has 5 rings (SSSR count). The number of hydrogen-bond acceptors (Lipinski definition) is 5. The minimum atomic E-state index is -0.834. The largest absolute Gasteiger partial charge is 0.481 e. The highest BCUT2D eigenvalue weighted by atomic mass is 127. The molecule has 0 N–H and O–H groups in total. The molecule has 1 aliphatic carbocycles. The van der Waals surface area contributed by atoms with Crippen LogP contribution < -0.4 is 0 Å². The summed E-state index contributed by atoms with van der Waals surface area (Å²) in [7, 11) is 0. The molecule has 0 fully saturated rings. The molecule has 0 spiro atoms. The van der Waals surface area contributed by atoms with Crippen molar-refractivity contribution in [2.45, 2.75) is 25.5 Å². The monoisotopic (exact) mass is 497 g/mol. The average molecular weight is 497 g/mol. The normalized spacial score (nSPS) is 19.8. The number of halogens is 1. The third-order valence-electron chi connectivity index (χ3n) is 5.34. The molecule has 144 valence electrons. The van der Waals surface area contributed by atoms with Crippen LogP contribution in [0.2, 0.25) is 0 Å². The van der Waals surface area contributed by atoms with Crippen molar-refractivity contribution in [1.82, 2.24) is 15.0 Å². The van der Waals surface area contributed by atoms with Gasteiger partial charge in [0.15, 0.2) is 11.5 Å². The molecule has 2 heterocycles. The van der Waals surface area contributed by atoms with Crippen LogP contribution in [0.15, 0.2) is 65.9 Å². The Bertz CT molecular complexity index is 1210. The SMILES string of the molecule is CC1(C)OC2=C(C(=O)c3ccccc3C2=O)C1n1nnc(-c2ccccc2)c1I. The van der Waals surface area contributed by atoms with E-state index in [4.69, 9.17) is 4.74 Å². The van der Waals surface area contributed by atoms with Gasteiger partial charge >= 0.3 is 0 Å². The second kappa shape index (κ2) is 6.35. The molecule has 1 unspecified atom stereocenters. The highest BCUT2D eigenvalue weighted by molar-refractivity contribution is 14.1. The molecule has 1 atom stereocenters. The van der Waals surface area contributed by atoms with E-state index in [0.717, 1.165) is 15.0 Å². The number of hydrogen-bond donors (Lipinski definition) is 0. The lowest BCUT2D eigenvalue weighted by Crippen LogP contribution is -2.35. The fourth-order valence-electron chi connectivity index (χ4n) is 4.02. The van der Waals surface area contributed by atoms with Gasteiger partial charge in [0, 0.05) is 16.7 Å². The maximum atomic E-state index is 13.3. The summed E-state index contributed by atoms with van der Waals surface area (Å²) in [5.41, 5.74) is 1.96. The number of aromatic nitrogens is 3. The molecule has 29 heavy (non-hydrogen) atoms. The number of rotatable bonds is 2. The molecule has 2 aromatic carbocycles. The Kier molecular flexibility index (Phi) is 3.99. The van der Waals surface area contributed by atoms with Crippen LogP contribution >= 0.6 is 22.6 Å². The molecule has 7 heteroatoms. The Morgan fingerprint density at radius 2 is 1.59 bits per heavy atom. The van der Waals surface area contributed by atoms with Crippen LogP contribution in [-0.2, 0) is 4.74 Å². The van der Waals surface area contributed by atoms with E-state index < -0.39 is 11.6 Å². The zero-order valence-corrected chi connectivity index (χ0v) is 17.9. The van der Waals surface area contributed by atoms with Crippen LogP contribution in [0.1, 0.15) is 40.6 Å². The van der Waals surface area contributed by atoms with Crippen LogP contribution in [0.4, 0.5) is 0 Å². The van der Waals surface area contributed by atoms with Gasteiger partial charge in [-0.1, -0.05) is 59.8 Å². The standard InChI is InChI=1S/C22H16IN3O3/c1-22(2)20(26-21(23)16(24-25-26)12-8-4-3-5-9-12)15-17(27)13-10-6-7-11-14(13)18(28)19(15)29-22/h3-11,20H,1-2H3. The maximum absolute atomic E-state index is 13.3. The number of ketones is 2. The minimum absolute atomic E-state index is 0.122. The van der Waals surface area contributed by atoms with Crippen LogP contribution in [0.25, 0.3) is 11.3 Å². The van der Waals surface area contributed by atoms with E-state index in [1.54, 1.807) is 28.9 Å². The number of fused-ring (bicyclic) bond motifs is 1. The number of benzene rings is 2. The molecule has 6 nitrogen and oxygen atoms in total. The number of allylic oxidation sites excluding steroid dienone is 1. The number of nitrogens with zero attached hydrogens (tertiary/aromatic N) is 3. The second-order valence-corrected chi connectivity index (χ2v) is 8.62. The summed E-state index contributed by atoms with van der Waals surface area (Å²) < 4.78 is 8.53. The van der Waals surface area contributed by atoms with Crippen molar-refractivity contribution in [2.75, 3.05) is 0 Å². The van der Waals surface area contributed by atoms with Crippen LogP contribution in [0.5, 0.6) is 0 Å². The summed E-state index contributed by atoms with van der Waals surface area (Å²) >= 11 is 2.19. The molecule has 3 aromatic rings. The van der Waals surface area contributed by atoms with Crippen molar-refractivity contribution < 1.29 is 14.3 Å². The highest BCUT2D eigenvalue weighted by Gasteiger charge is 2.53. The number of carbonyl (C=O) groups is 2. The van der Waals surface area contributed by atoms with E-state index in [2.05, 4.69) is 32.9 Å². The Morgan fingerprint density at radius 3 is 2.28 bits per heavy atom. The topological polar surface area (TPSA) is 74.1 Å². The smallest absolute Gasteiger partial charge is 0.228 e. The quantitative estimate of drug-likeness (QED) is 0.496. The molecule has 1 aliphatic heterocycles. The molecule has 0 saturated carbocycles. The molecular weight excluding hydrogens is 481 g/mol.